The third-order valence-corrected chi connectivity index (χ3v) is 5.64. The minimum absolute atomic E-state index is 0.132. The van der Waals surface area contributed by atoms with Gasteiger partial charge in [-0.15, -0.1) is 0 Å². The van der Waals surface area contributed by atoms with E-state index in [2.05, 4.69) is 16.5 Å². The molecule has 0 spiro atoms. The Hall–Kier alpha value is -0.950. The molecule has 1 aromatic rings. The average Bonchev–Trinajstić information content (AvgIpc) is 2.48. The van der Waals surface area contributed by atoms with Crippen LogP contribution in [0.25, 0.3) is 0 Å². The number of likely N-dealkylation sites (tertiary alicyclic amines) is 1. The third kappa shape index (κ3) is 4.26. The molecule has 0 saturated carbocycles. The molecule has 118 valence electrons. The molecule has 5 nitrogen and oxygen atoms in total. The molecule has 0 radical (unpaired) electrons. The molecule has 0 aliphatic carbocycles. The van der Waals surface area contributed by atoms with Gasteiger partial charge in [-0.05, 0) is 37.4 Å². The zero-order valence-corrected chi connectivity index (χ0v) is 13.2. The van der Waals surface area contributed by atoms with Crippen LogP contribution in [0.4, 0.5) is 0 Å². The normalized spacial score (nSPS) is 24.1. The Bertz CT molecular complexity index is 533. The van der Waals surface area contributed by atoms with Crippen LogP contribution in [-0.4, -0.2) is 50.7 Å². The van der Waals surface area contributed by atoms with Gasteiger partial charge in [0.25, 0.3) is 0 Å². The SMILES string of the molecule is CC1CCCN(CCNS(=O)(=O)c2ccccc2)C1CO. The van der Waals surface area contributed by atoms with Gasteiger partial charge in [-0.25, -0.2) is 13.1 Å². The van der Waals surface area contributed by atoms with E-state index < -0.39 is 10.0 Å². The molecule has 2 N–H and O–H groups in total. The van der Waals surface area contributed by atoms with Crippen molar-refractivity contribution >= 4 is 10.0 Å². The number of hydrogen-bond donors (Lipinski definition) is 2. The van der Waals surface area contributed by atoms with Gasteiger partial charge in [0.2, 0.25) is 10.0 Å². The van der Waals surface area contributed by atoms with Crippen molar-refractivity contribution in [3.63, 3.8) is 0 Å². The van der Waals surface area contributed by atoms with Gasteiger partial charge in [0.05, 0.1) is 11.5 Å². The number of benzene rings is 1. The van der Waals surface area contributed by atoms with E-state index in [1.165, 1.54) is 0 Å². The number of aliphatic hydroxyl groups is 1. The summed E-state index contributed by atoms with van der Waals surface area (Å²) in [4.78, 5) is 2.47. The summed E-state index contributed by atoms with van der Waals surface area (Å²) in [7, 11) is -3.44. The van der Waals surface area contributed by atoms with Gasteiger partial charge in [0.15, 0.2) is 0 Å². The van der Waals surface area contributed by atoms with Crippen LogP contribution < -0.4 is 4.72 Å². The molecule has 1 aliphatic rings. The molecule has 0 bridgehead atoms. The third-order valence-electron chi connectivity index (χ3n) is 4.16. The second-order valence-corrected chi connectivity index (χ2v) is 7.38. The Morgan fingerprint density at radius 1 is 1.33 bits per heavy atom. The number of nitrogens with one attached hydrogen (secondary N) is 1. The Morgan fingerprint density at radius 2 is 2.05 bits per heavy atom. The summed E-state index contributed by atoms with van der Waals surface area (Å²) in [6.45, 7) is 4.18. The van der Waals surface area contributed by atoms with Crippen molar-refractivity contribution < 1.29 is 13.5 Å². The van der Waals surface area contributed by atoms with E-state index in [4.69, 9.17) is 0 Å². The van der Waals surface area contributed by atoms with Crippen molar-refractivity contribution in [2.75, 3.05) is 26.2 Å². The van der Waals surface area contributed by atoms with Crippen LogP contribution in [0.5, 0.6) is 0 Å². The van der Waals surface area contributed by atoms with Crippen LogP contribution in [0.15, 0.2) is 35.2 Å². The fourth-order valence-electron chi connectivity index (χ4n) is 2.91. The first-order chi connectivity index (χ1) is 10.0. The molecule has 1 fully saturated rings. The lowest BCUT2D eigenvalue weighted by molar-refractivity contribution is 0.0548. The first kappa shape index (κ1) is 16.4. The maximum absolute atomic E-state index is 12.1. The summed E-state index contributed by atoms with van der Waals surface area (Å²) in [5.41, 5.74) is 0. The van der Waals surface area contributed by atoms with Crippen molar-refractivity contribution in [3.05, 3.63) is 30.3 Å². The summed E-state index contributed by atoms with van der Waals surface area (Å²) in [5, 5.41) is 9.49. The summed E-state index contributed by atoms with van der Waals surface area (Å²) >= 11 is 0. The summed E-state index contributed by atoms with van der Waals surface area (Å²) in [6, 6.07) is 8.52. The van der Waals surface area contributed by atoms with Gasteiger partial charge in [0, 0.05) is 19.1 Å². The molecule has 0 amide bonds. The first-order valence-electron chi connectivity index (χ1n) is 7.44. The number of sulfonamides is 1. The Balaban J connectivity index is 1.89. The van der Waals surface area contributed by atoms with Crippen molar-refractivity contribution in [2.45, 2.75) is 30.7 Å². The fraction of sp³-hybridized carbons (Fsp3) is 0.600. The maximum atomic E-state index is 12.1. The highest BCUT2D eigenvalue weighted by Crippen LogP contribution is 2.22. The number of hydrogen-bond acceptors (Lipinski definition) is 4. The standard InChI is InChI=1S/C15H24N2O3S/c1-13-6-5-10-17(15(13)12-18)11-9-16-21(19,20)14-7-3-2-4-8-14/h2-4,7-8,13,15-16,18H,5-6,9-12H2,1H3. The lowest BCUT2D eigenvalue weighted by Gasteiger charge is -2.39. The van der Waals surface area contributed by atoms with E-state index in [1.807, 2.05) is 0 Å². The number of nitrogens with zero attached hydrogens (tertiary/aromatic N) is 1. The van der Waals surface area contributed by atoms with Crippen LogP contribution in [0.2, 0.25) is 0 Å². The highest BCUT2D eigenvalue weighted by Gasteiger charge is 2.27. The predicted octanol–water partition coefficient (Wildman–Crippen LogP) is 1.06. The van der Waals surface area contributed by atoms with Crippen molar-refractivity contribution in [3.8, 4) is 0 Å². The molecule has 21 heavy (non-hydrogen) atoms. The number of piperidine rings is 1. The fourth-order valence-corrected chi connectivity index (χ4v) is 3.96. The average molecular weight is 312 g/mol. The summed E-state index contributed by atoms with van der Waals surface area (Å²) < 4.78 is 26.9. The van der Waals surface area contributed by atoms with E-state index in [1.54, 1.807) is 30.3 Å². The van der Waals surface area contributed by atoms with Gasteiger partial charge in [0.1, 0.15) is 0 Å². The topological polar surface area (TPSA) is 69.6 Å². The smallest absolute Gasteiger partial charge is 0.240 e. The van der Waals surface area contributed by atoms with Gasteiger partial charge < -0.3 is 5.11 Å². The molecule has 2 atom stereocenters. The quantitative estimate of drug-likeness (QED) is 0.824. The van der Waals surface area contributed by atoms with Crippen LogP contribution in [0.1, 0.15) is 19.8 Å². The molecule has 6 heteroatoms. The molecule has 2 rings (SSSR count). The van der Waals surface area contributed by atoms with Gasteiger partial charge in [-0.2, -0.15) is 0 Å². The van der Waals surface area contributed by atoms with Crippen molar-refractivity contribution in [2.24, 2.45) is 5.92 Å². The Labute approximate surface area is 127 Å². The molecular weight excluding hydrogens is 288 g/mol. The van der Waals surface area contributed by atoms with E-state index >= 15 is 0 Å². The molecular formula is C15H24N2O3S. The molecule has 1 aliphatic heterocycles. The molecule has 1 heterocycles. The van der Waals surface area contributed by atoms with Crippen molar-refractivity contribution in [1.82, 2.24) is 9.62 Å². The minimum atomic E-state index is -3.44. The largest absolute Gasteiger partial charge is 0.395 e. The summed E-state index contributed by atoms with van der Waals surface area (Å²) in [5.74, 6) is 0.453. The van der Waals surface area contributed by atoms with Crippen LogP contribution >= 0.6 is 0 Å². The van der Waals surface area contributed by atoms with Crippen LogP contribution in [-0.2, 0) is 10.0 Å². The van der Waals surface area contributed by atoms with E-state index in [9.17, 15) is 13.5 Å². The Kier molecular flexibility index (Phi) is 5.75. The predicted molar refractivity (Wildman–Crippen MR) is 82.5 cm³/mol. The van der Waals surface area contributed by atoms with E-state index in [-0.39, 0.29) is 17.5 Å². The van der Waals surface area contributed by atoms with Gasteiger partial charge >= 0.3 is 0 Å². The molecule has 0 aromatic heterocycles. The van der Waals surface area contributed by atoms with Crippen molar-refractivity contribution in [1.29, 1.82) is 0 Å². The summed E-state index contributed by atoms with van der Waals surface area (Å²) in [6.07, 6.45) is 2.22. The second-order valence-electron chi connectivity index (χ2n) is 5.62. The zero-order valence-electron chi connectivity index (χ0n) is 12.4. The zero-order chi connectivity index (χ0) is 15.3. The van der Waals surface area contributed by atoms with E-state index in [0.717, 1.165) is 19.4 Å². The maximum Gasteiger partial charge on any atom is 0.240 e. The van der Waals surface area contributed by atoms with E-state index in [0.29, 0.717) is 19.0 Å². The number of rotatable bonds is 6. The first-order valence-corrected chi connectivity index (χ1v) is 8.92. The minimum Gasteiger partial charge on any atom is -0.395 e. The highest BCUT2D eigenvalue weighted by molar-refractivity contribution is 7.89. The molecule has 2 unspecified atom stereocenters. The second kappa shape index (κ2) is 7.35. The van der Waals surface area contributed by atoms with Crippen LogP contribution in [0, 0.1) is 5.92 Å². The lowest BCUT2D eigenvalue weighted by Crippen LogP contribution is -2.49. The molecule has 1 aromatic carbocycles. The number of aliphatic hydroxyl groups excluding tert-OH is 1. The highest BCUT2D eigenvalue weighted by atomic mass is 32.2. The Morgan fingerprint density at radius 3 is 2.71 bits per heavy atom. The van der Waals surface area contributed by atoms with Crippen LogP contribution in [0.3, 0.4) is 0 Å². The van der Waals surface area contributed by atoms with Gasteiger partial charge in [-0.3, -0.25) is 4.90 Å². The monoisotopic (exact) mass is 312 g/mol. The molecule has 1 saturated heterocycles. The van der Waals surface area contributed by atoms with Gasteiger partial charge in [-0.1, -0.05) is 25.1 Å². The lowest BCUT2D eigenvalue weighted by atomic mass is 9.91.